The Hall–Kier alpha value is -0.410. The molecule has 1 heterocycles. The third-order valence-electron chi connectivity index (χ3n) is 2.00. The summed E-state index contributed by atoms with van der Waals surface area (Å²) in [5.41, 5.74) is 9.14. The highest BCUT2D eigenvalue weighted by Gasteiger charge is 2.24. The van der Waals surface area contributed by atoms with Crippen LogP contribution in [0, 0.1) is 12.3 Å². The van der Waals surface area contributed by atoms with Gasteiger partial charge in [-0.2, -0.15) is 0 Å². The highest BCUT2D eigenvalue weighted by atomic mass is 32.1. The molecule has 1 unspecified atom stereocenters. The fraction of sp³-hybridized carbons (Fsp3) is 0.667. The molecule has 1 rings (SSSR count). The summed E-state index contributed by atoms with van der Waals surface area (Å²) in [5, 5.41) is 0. The van der Waals surface area contributed by atoms with Crippen LogP contribution in [0.25, 0.3) is 0 Å². The summed E-state index contributed by atoms with van der Waals surface area (Å²) in [5.74, 6) is 0. The van der Waals surface area contributed by atoms with E-state index < -0.39 is 0 Å². The SMILES string of the molecule is Cc1ncsc1C(N)C(C)(C)C. The van der Waals surface area contributed by atoms with E-state index >= 15 is 0 Å². The summed E-state index contributed by atoms with van der Waals surface area (Å²) >= 11 is 1.65. The Balaban J connectivity index is 2.92. The fourth-order valence-electron chi connectivity index (χ4n) is 1.00. The first-order chi connectivity index (χ1) is 5.43. The Morgan fingerprint density at radius 3 is 2.42 bits per heavy atom. The van der Waals surface area contributed by atoms with Gasteiger partial charge in [0.2, 0.25) is 0 Å². The third kappa shape index (κ3) is 1.84. The van der Waals surface area contributed by atoms with E-state index in [1.54, 1.807) is 11.3 Å². The molecule has 0 fully saturated rings. The molecule has 12 heavy (non-hydrogen) atoms. The minimum Gasteiger partial charge on any atom is -0.323 e. The Labute approximate surface area is 77.8 Å². The Kier molecular flexibility index (Phi) is 2.54. The van der Waals surface area contributed by atoms with Gasteiger partial charge in [0.25, 0.3) is 0 Å². The molecule has 0 amide bonds. The number of thiazole rings is 1. The largest absolute Gasteiger partial charge is 0.323 e. The molecule has 0 saturated carbocycles. The topological polar surface area (TPSA) is 38.9 Å². The van der Waals surface area contributed by atoms with Gasteiger partial charge in [0.05, 0.1) is 11.2 Å². The number of aromatic nitrogens is 1. The van der Waals surface area contributed by atoms with Crippen LogP contribution < -0.4 is 5.73 Å². The zero-order chi connectivity index (χ0) is 9.35. The van der Waals surface area contributed by atoms with Crippen LogP contribution in [0.4, 0.5) is 0 Å². The van der Waals surface area contributed by atoms with Gasteiger partial charge in [-0.25, -0.2) is 4.98 Å². The van der Waals surface area contributed by atoms with Gasteiger partial charge in [0.15, 0.2) is 0 Å². The van der Waals surface area contributed by atoms with Crippen molar-refractivity contribution in [2.75, 3.05) is 0 Å². The lowest BCUT2D eigenvalue weighted by Crippen LogP contribution is -2.25. The zero-order valence-corrected chi connectivity index (χ0v) is 8.90. The molecule has 3 heteroatoms. The molecular weight excluding hydrogens is 168 g/mol. The minimum atomic E-state index is 0.102. The molecule has 68 valence electrons. The molecule has 0 saturated heterocycles. The van der Waals surface area contributed by atoms with Crippen molar-refractivity contribution < 1.29 is 0 Å². The second kappa shape index (κ2) is 3.15. The van der Waals surface area contributed by atoms with Gasteiger partial charge in [-0.15, -0.1) is 11.3 Å². The molecular formula is C9H16N2S. The molecule has 0 aliphatic carbocycles. The van der Waals surface area contributed by atoms with Crippen LogP contribution in [0.2, 0.25) is 0 Å². The average Bonchev–Trinajstić information content (AvgIpc) is 2.31. The lowest BCUT2D eigenvalue weighted by Gasteiger charge is -2.26. The second-order valence-electron chi connectivity index (χ2n) is 4.15. The van der Waals surface area contributed by atoms with Crippen molar-refractivity contribution >= 4 is 11.3 Å². The highest BCUT2D eigenvalue weighted by Crippen LogP contribution is 2.33. The van der Waals surface area contributed by atoms with Gasteiger partial charge in [-0.1, -0.05) is 20.8 Å². The number of nitrogens with zero attached hydrogens (tertiary/aromatic N) is 1. The van der Waals surface area contributed by atoms with Crippen LogP contribution in [0.1, 0.15) is 37.4 Å². The summed E-state index contributed by atoms with van der Waals surface area (Å²) in [6.45, 7) is 8.46. The van der Waals surface area contributed by atoms with Crippen LogP contribution in [-0.4, -0.2) is 4.98 Å². The fourth-order valence-corrected chi connectivity index (χ4v) is 2.05. The molecule has 2 nitrogen and oxygen atoms in total. The third-order valence-corrected chi connectivity index (χ3v) is 3.01. The van der Waals surface area contributed by atoms with Crippen LogP contribution in [0.15, 0.2) is 5.51 Å². The predicted octanol–water partition coefficient (Wildman–Crippen LogP) is 2.50. The van der Waals surface area contributed by atoms with Crippen LogP contribution in [0.3, 0.4) is 0 Å². The first kappa shape index (κ1) is 9.68. The molecule has 0 aliphatic rings. The summed E-state index contributed by atoms with van der Waals surface area (Å²) in [4.78, 5) is 5.40. The van der Waals surface area contributed by atoms with E-state index in [-0.39, 0.29) is 11.5 Å². The number of aryl methyl sites for hydroxylation is 1. The maximum Gasteiger partial charge on any atom is 0.0798 e. The smallest absolute Gasteiger partial charge is 0.0798 e. The van der Waals surface area contributed by atoms with E-state index in [1.165, 1.54) is 4.88 Å². The van der Waals surface area contributed by atoms with Gasteiger partial charge >= 0.3 is 0 Å². The molecule has 0 aliphatic heterocycles. The maximum atomic E-state index is 6.09. The van der Waals surface area contributed by atoms with Crippen molar-refractivity contribution in [2.45, 2.75) is 33.7 Å². The lowest BCUT2D eigenvalue weighted by molar-refractivity contribution is 0.330. The van der Waals surface area contributed by atoms with Crippen molar-refractivity contribution in [1.29, 1.82) is 0 Å². The Morgan fingerprint density at radius 1 is 1.50 bits per heavy atom. The van der Waals surface area contributed by atoms with Crippen molar-refractivity contribution in [2.24, 2.45) is 11.1 Å². The van der Waals surface area contributed by atoms with E-state index in [2.05, 4.69) is 25.8 Å². The standard InChI is InChI=1S/C9H16N2S/c1-6-7(12-5-11-6)8(10)9(2,3)4/h5,8H,10H2,1-4H3. The monoisotopic (exact) mass is 184 g/mol. The first-order valence-electron chi connectivity index (χ1n) is 4.08. The van der Waals surface area contributed by atoms with E-state index in [4.69, 9.17) is 5.73 Å². The molecule has 0 aromatic carbocycles. The molecule has 1 aromatic heterocycles. The number of hydrogen-bond donors (Lipinski definition) is 1. The summed E-state index contributed by atoms with van der Waals surface area (Å²) in [7, 11) is 0. The molecule has 0 bridgehead atoms. The van der Waals surface area contributed by atoms with Crippen LogP contribution in [-0.2, 0) is 0 Å². The van der Waals surface area contributed by atoms with E-state index in [1.807, 2.05) is 12.4 Å². The molecule has 1 atom stereocenters. The van der Waals surface area contributed by atoms with Crippen LogP contribution in [0.5, 0.6) is 0 Å². The molecule has 2 N–H and O–H groups in total. The number of hydrogen-bond acceptors (Lipinski definition) is 3. The van der Waals surface area contributed by atoms with Gasteiger partial charge in [0.1, 0.15) is 0 Å². The summed E-state index contributed by atoms with van der Waals surface area (Å²) in [6.07, 6.45) is 0. The first-order valence-corrected chi connectivity index (χ1v) is 4.96. The molecule has 1 aromatic rings. The van der Waals surface area contributed by atoms with Gasteiger partial charge in [-0.3, -0.25) is 0 Å². The maximum absolute atomic E-state index is 6.09. The van der Waals surface area contributed by atoms with E-state index in [0.717, 1.165) is 5.69 Å². The normalized spacial score (nSPS) is 14.8. The summed E-state index contributed by atoms with van der Waals surface area (Å²) < 4.78 is 0. The van der Waals surface area contributed by atoms with Gasteiger partial charge in [0, 0.05) is 10.9 Å². The second-order valence-corrected chi connectivity index (χ2v) is 5.03. The highest BCUT2D eigenvalue weighted by molar-refractivity contribution is 7.09. The predicted molar refractivity (Wildman–Crippen MR) is 53.2 cm³/mol. The van der Waals surface area contributed by atoms with Crippen molar-refractivity contribution in [1.82, 2.24) is 4.98 Å². The van der Waals surface area contributed by atoms with Gasteiger partial charge in [-0.05, 0) is 12.3 Å². The van der Waals surface area contributed by atoms with Crippen molar-refractivity contribution in [3.63, 3.8) is 0 Å². The quantitative estimate of drug-likeness (QED) is 0.728. The van der Waals surface area contributed by atoms with Crippen molar-refractivity contribution in [3.05, 3.63) is 16.1 Å². The van der Waals surface area contributed by atoms with Crippen molar-refractivity contribution in [3.8, 4) is 0 Å². The lowest BCUT2D eigenvalue weighted by atomic mass is 9.86. The molecule has 0 spiro atoms. The number of nitrogens with two attached hydrogens (primary N) is 1. The Bertz CT molecular complexity index is 260. The molecule has 0 radical (unpaired) electrons. The van der Waals surface area contributed by atoms with Gasteiger partial charge < -0.3 is 5.73 Å². The van der Waals surface area contributed by atoms with E-state index in [0.29, 0.717) is 0 Å². The van der Waals surface area contributed by atoms with E-state index in [9.17, 15) is 0 Å². The summed E-state index contributed by atoms with van der Waals surface area (Å²) in [6, 6.07) is 0.102. The number of rotatable bonds is 1. The average molecular weight is 184 g/mol. The Morgan fingerprint density at radius 2 is 2.08 bits per heavy atom. The van der Waals surface area contributed by atoms with Crippen LogP contribution >= 0.6 is 11.3 Å². The minimum absolute atomic E-state index is 0.102. The zero-order valence-electron chi connectivity index (χ0n) is 8.09.